The molecule has 1 saturated heterocycles. The lowest BCUT2D eigenvalue weighted by Crippen LogP contribution is -2.38. The zero-order valence-electron chi connectivity index (χ0n) is 10.8. The molecule has 1 aliphatic heterocycles. The summed E-state index contributed by atoms with van der Waals surface area (Å²) in [5, 5.41) is 0.831. The van der Waals surface area contributed by atoms with Crippen LogP contribution in [-0.4, -0.2) is 19.3 Å². The van der Waals surface area contributed by atoms with Crippen molar-refractivity contribution in [2.24, 2.45) is 11.8 Å². The second-order valence-electron chi connectivity index (χ2n) is 5.13. The van der Waals surface area contributed by atoms with E-state index in [2.05, 4.69) is 17.6 Å². The van der Waals surface area contributed by atoms with E-state index in [0.717, 1.165) is 43.1 Å². The van der Waals surface area contributed by atoms with Crippen LogP contribution >= 0.6 is 11.6 Å². The van der Waals surface area contributed by atoms with Gasteiger partial charge in [-0.15, -0.1) is 0 Å². The number of hydrazine groups is 1. The fourth-order valence-corrected chi connectivity index (χ4v) is 2.78. The second kappa shape index (κ2) is 6.53. The fourth-order valence-electron chi connectivity index (χ4n) is 2.47. The van der Waals surface area contributed by atoms with Crippen LogP contribution in [0.1, 0.15) is 24.0 Å². The average Bonchev–Trinajstić information content (AvgIpc) is 2.84. The Morgan fingerprint density at radius 1 is 1.56 bits per heavy atom. The molecule has 0 bridgehead atoms. The van der Waals surface area contributed by atoms with Crippen LogP contribution in [0.3, 0.4) is 0 Å². The minimum atomic E-state index is 0.261. The number of halogens is 1. The van der Waals surface area contributed by atoms with E-state index in [0.29, 0.717) is 5.92 Å². The molecular formula is C14H21ClN2O. The molecule has 1 heterocycles. The first-order valence-corrected chi connectivity index (χ1v) is 6.85. The van der Waals surface area contributed by atoms with Crippen LogP contribution in [-0.2, 0) is 11.2 Å². The topological polar surface area (TPSA) is 47.3 Å². The van der Waals surface area contributed by atoms with Gasteiger partial charge >= 0.3 is 0 Å². The molecule has 3 N–H and O–H groups in total. The summed E-state index contributed by atoms with van der Waals surface area (Å²) in [5.41, 5.74) is 5.25. The summed E-state index contributed by atoms with van der Waals surface area (Å²) in [6, 6.07) is 6.45. The largest absolute Gasteiger partial charge is 0.381 e. The lowest BCUT2D eigenvalue weighted by atomic mass is 9.94. The first-order chi connectivity index (χ1) is 8.69. The van der Waals surface area contributed by atoms with E-state index in [1.807, 2.05) is 13.0 Å². The lowest BCUT2D eigenvalue weighted by molar-refractivity contribution is 0.181. The quantitative estimate of drug-likeness (QED) is 0.637. The molecule has 2 atom stereocenters. The predicted molar refractivity (Wildman–Crippen MR) is 74.5 cm³/mol. The van der Waals surface area contributed by atoms with Crippen LogP contribution in [0.25, 0.3) is 0 Å². The Hall–Kier alpha value is -0.610. The van der Waals surface area contributed by atoms with Crippen molar-refractivity contribution in [1.29, 1.82) is 0 Å². The summed E-state index contributed by atoms with van der Waals surface area (Å²) in [5.74, 6) is 6.27. The first-order valence-electron chi connectivity index (χ1n) is 6.48. The van der Waals surface area contributed by atoms with Crippen LogP contribution in [0.15, 0.2) is 18.2 Å². The molecule has 0 spiro atoms. The maximum Gasteiger partial charge on any atom is 0.0495 e. The number of hydrogen-bond acceptors (Lipinski definition) is 3. The predicted octanol–water partition coefficient (Wildman–Crippen LogP) is 2.45. The van der Waals surface area contributed by atoms with E-state index in [1.165, 1.54) is 5.56 Å². The molecular weight excluding hydrogens is 248 g/mol. The maximum atomic E-state index is 6.25. The highest BCUT2D eigenvalue weighted by Gasteiger charge is 2.20. The van der Waals surface area contributed by atoms with Crippen molar-refractivity contribution in [3.63, 3.8) is 0 Å². The minimum absolute atomic E-state index is 0.261. The van der Waals surface area contributed by atoms with Gasteiger partial charge in [0.1, 0.15) is 0 Å². The second-order valence-corrected chi connectivity index (χ2v) is 5.54. The number of hydrogen-bond donors (Lipinski definition) is 2. The van der Waals surface area contributed by atoms with Gasteiger partial charge in [0.05, 0.1) is 0 Å². The van der Waals surface area contributed by atoms with Crippen LogP contribution in [0.5, 0.6) is 0 Å². The van der Waals surface area contributed by atoms with Gasteiger partial charge in [-0.25, -0.2) is 0 Å². The molecule has 3 nitrogen and oxygen atoms in total. The summed E-state index contributed by atoms with van der Waals surface area (Å²) in [4.78, 5) is 0. The minimum Gasteiger partial charge on any atom is -0.381 e. The number of rotatable bonds is 5. The normalized spacial score (nSPS) is 21.2. The molecule has 2 unspecified atom stereocenters. The molecule has 0 amide bonds. The zero-order chi connectivity index (χ0) is 13.0. The van der Waals surface area contributed by atoms with E-state index < -0.39 is 0 Å². The van der Waals surface area contributed by atoms with E-state index in [9.17, 15) is 0 Å². The Labute approximate surface area is 114 Å². The van der Waals surface area contributed by atoms with E-state index in [1.54, 1.807) is 0 Å². The smallest absolute Gasteiger partial charge is 0.0495 e. The number of aryl methyl sites for hydroxylation is 1. The number of benzene rings is 1. The van der Waals surface area contributed by atoms with Gasteiger partial charge in [-0.2, -0.15) is 0 Å². The molecule has 1 fully saturated rings. The average molecular weight is 269 g/mol. The van der Waals surface area contributed by atoms with Crippen LogP contribution in [0.2, 0.25) is 5.02 Å². The van der Waals surface area contributed by atoms with Gasteiger partial charge < -0.3 is 4.74 Å². The monoisotopic (exact) mass is 268 g/mol. The Morgan fingerprint density at radius 3 is 3.00 bits per heavy atom. The summed E-state index contributed by atoms with van der Waals surface area (Å²) < 4.78 is 5.40. The highest BCUT2D eigenvalue weighted by Crippen LogP contribution is 2.23. The summed E-state index contributed by atoms with van der Waals surface area (Å²) in [6.07, 6.45) is 3.05. The van der Waals surface area contributed by atoms with Gasteiger partial charge in [0.25, 0.3) is 0 Å². The van der Waals surface area contributed by atoms with Gasteiger partial charge in [-0.05, 0) is 49.3 Å². The highest BCUT2D eigenvalue weighted by molar-refractivity contribution is 6.31. The van der Waals surface area contributed by atoms with Crippen LogP contribution in [0.4, 0.5) is 0 Å². The van der Waals surface area contributed by atoms with Gasteiger partial charge in [-0.3, -0.25) is 11.3 Å². The van der Waals surface area contributed by atoms with Crippen molar-refractivity contribution in [2.75, 3.05) is 13.2 Å². The van der Waals surface area contributed by atoms with Crippen molar-refractivity contribution >= 4 is 11.6 Å². The van der Waals surface area contributed by atoms with Crippen LogP contribution < -0.4 is 11.3 Å². The Kier molecular flexibility index (Phi) is 5.01. The van der Waals surface area contributed by atoms with E-state index in [-0.39, 0.29) is 6.04 Å². The maximum absolute atomic E-state index is 6.25. The Balaban J connectivity index is 1.96. The molecule has 2 rings (SSSR count). The molecule has 0 saturated carbocycles. The molecule has 0 aromatic heterocycles. The number of nitrogens with two attached hydrogens (primary N) is 1. The Bertz CT molecular complexity index is 391. The van der Waals surface area contributed by atoms with Gasteiger partial charge in [0.2, 0.25) is 0 Å². The van der Waals surface area contributed by atoms with Crippen molar-refractivity contribution < 1.29 is 4.74 Å². The molecule has 0 aliphatic carbocycles. The fraction of sp³-hybridized carbons (Fsp3) is 0.571. The third-order valence-corrected chi connectivity index (χ3v) is 3.90. The SMILES string of the molecule is Cc1ccc(CC(CC2CCOC2)NN)c(Cl)c1. The highest BCUT2D eigenvalue weighted by atomic mass is 35.5. The lowest BCUT2D eigenvalue weighted by Gasteiger charge is -2.19. The molecule has 1 aromatic rings. The number of nitrogens with one attached hydrogen (secondary N) is 1. The van der Waals surface area contributed by atoms with Crippen molar-refractivity contribution in [3.8, 4) is 0 Å². The van der Waals surface area contributed by atoms with Crippen molar-refractivity contribution in [2.45, 2.75) is 32.2 Å². The van der Waals surface area contributed by atoms with E-state index >= 15 is 0 Å². The van der Waals surface area contributed by atoms with Crippen molar-refractivity contribution in [1.82, 2.24) is 5.43 Å². The standard InChI is InChI=1S/C14H21ClN2O/c1-10-2-3-12(14(15)6-10)8-13(17-16)7-11-4-5-18-9-11/h2-3,6,11,13,17H,4-5,7-9,16H2,1H3. The van der Waals surface area contributed by atoms with Gasteiger partial charge in [0, 0.05) is 24.3 Å². The number of ether oxygens (including phenoxy) is 1. The summed E-state index contributed by atoms with van der Waals surface area (Å²) >= 11 is 6.25. The zero-order valence-corrected chi connectivity index (χ0v) is 11.5. The van der Waals surface area contributed by atoms with Gasteiger partial charge in [0.15, 0.2) is 0 Å². The van der Waals surface area contributed by atoms with Crippen LogP contribution in [0, 0.1) is 12.8 Å². The summed E-state index contributed by atoms with van der Waals surface area (Å²) in [6.45, 7) is 3.79. The first kappa shape index (κ1) is 13.8. The molecule has 100 valence electrons. The molecule has 4 heteroatoms. The molecule has 18 heavy (non-hydrogen) atoms. The molecule has 1 aliphatic rings. The van der Waals surface area contributed by atoms with E-state index in [4.69, 9.17) is 22.2 Å². The molecule has 1 aromatic carbocycles. The molecule has 0 radical (unpaired) electrons. The van der Waals surface area contributed by atoms with Gasteiger partial charge in [-0.1, -0.05) is 23.7 Å². The van der Waals surface area contributed by atoms with Crippen molar-refractivity contribution in [3.05, 3.63) is 34.3 Å². The summed E-state index contributed by atoms with van der Waals surface area (Å²) in [7, 11) is 0. The third kappa shape index (κ3) is 3.69. The third-order valence-electron chi connectivity index (χ3n) is 3.55. The Morgan fingerprint density at radius 2 is 2.39 bits per heavy atom.